The molecule has 1 aliphatic rings. The summed E-state index contributed by atoms with van der Waals surface area (Å²) in [7, 11) is 0. The van der Waals surface area contributed by atoms with Gasteiger partial charge in [0.25, 0.3) is 5.91 Å². The van der Waals surface area contributed by atoms with Gasteiger partial charge in [0.15, 0.2) is 0 Å². The molecule has 1 aromatic heterocycles. The van der Waals surface area contributed by atoms with Gasteiger partial charge in [-0.1, -0.05) is 6.42 Å². The summed E-state index contributed by atoms with van der Waals surface area (Å²) in [6.45, 7) is 1.66. The van der Waals surface area contributed by atoms with Gasteiger partial charge in [-0.2, -0.15) is 5.26 Å². The lowest BCUT2D eigenvalue weighted by Gasteiger charge is -2.17. The maximum Gasteiger partial charge on any atom is 0.308 e. The fourth-order valence-electron chi connectivity index (χ4n) is 2.48. The summed E-state index contributed by atoms with van der Waals surface area (Å²) < 4.78 is 0. The minimum absolute atomic E-state index is 0.206. The first-order chi connectivity index (χ1) is 9.52. The molecule has 0 saturated heterocycles. The van der Waals surface area contributed by atoms with Crippen molar-refractivity contribution < 1.29 is 14.7 Å². The molecule has 2 N–H and O–H groups in total. The van der Waals surface area contributed by atoms with Gasteiger partial charge in [0.05, 0.1) is 17.2 Å². The number of aromatic nitrogens is 1. The Morgan fingerprint density at radius 1 is 1.45 bits per heavy atom. The van der Waals surface area contributed by atoms with Crippen molar-refractivity contribution in [3.05, 3.63) is 29.1 Å². The average molecular weight is 273 g/mol. The van der Waals surface area contributed by atoms with Crippen LogP contribution in [0.15, 0.2) is 12.1 Å². The molecular formula is C14H15N3O3. The molecule has 6 heteroatoms. The number of nitrogens with zero attached hydrogens (tertiary/aromatic N) is 2. The van der Waals surface area contributed by atoms with Crippen molar-refractivity contribution in [2.45, 2.75) is 32.2 Å². The van der Waals surface area contributed by atoms with Crippen LogP contribution in [0, 0.1) is 24.2 Å². The Bertz CT molecular complexity index is 592. The van der Waals surface area contributed by atoms with E-state index in [0.29, 0.717) is 24.1 Å². The lowest BCUT2D eigenvalue weighted by Crippen LogP contribution is -2.40. The van der Waals surface area contributed by atoms with Crippen molar-refractivity contribution in [2.24, 2.45) is 5.92 Å². The monoisotopic (exact) mass is 273 g/mol. The molecule has 6 nitrogen and oxygen atoms in total. The summed E-state index contributed by atoms with van der Waals surface area (Å²) >= 11 is 0. The first-order valence-electron chi connectivity index (χ1n) is 6.44. The number of hydrogen-bond donors (Lipinski definition) is 2. The van der Waals surface area contributed by atoms with E-state index in [-0.39, 0.29) is 11.7 Å². The second-order valence-electron chi connectivity index (χ2n) is 4.90. The molecular weight excluding hydrogens is 258 g/mol. The molecule has 0 unspecified atom stereocenters. The standard InChI is InChI=1S/C14H15N3O3/c1-8-9(7-15)5-6-12(16-8)13(18)17-11-4-2-3-10(11)14(19)20/h5-6,10-11H,2-4H2,1H3,(H,17,18)(H,19,20)/t10-,11+/m0/s1. The third kappa shape index (κ3) is 2.77. The van der Waals surface area contributed by atoms with Gasteiger partial charge in [-0.3, -0.25) is 9.59 Å². The third-order valence-electron chi connectivity index (χ3n) is 3.59. The van der Waals surface area contributed by atoms with E-state index in [1.54, 1.807) is 13.0 Å². The summed E-state index contributed by atoms with van der Waals surface area (Å²) in [6, 6.07) is 4.66. The largest absolute Gasteiger partial charge is 0.481 e. The van der Waals surface area contributed by atoms with E-state index >= 15 is 0 Å². The molecule has 1 heterocycles. The molecule has 1 aromatic rings. The van der Waals surface area contributed by atoms with Gasteiger partial charge < -0.3 is 10.4 Å². The van der Waals surface area contributed by atoms with Gasteiger partial charge >= 0.3 is 5.97 Å². The zero-order chi connectivity index (χ0) is 14.7. The van der Waals surface area contributed by atoms with E-state index in [1.165, 1.54) is 6.07 Å². The van der Waals surface area contributed by atoms with Crippen LogP contribution in [0.1, 0.15) is 41.0 Å². The van der Waals surface area contributed by atoms with Crippen LogP contribution in [0.25, 0.3) is 0 Å². The Hall–Kier alpha value is -2.42. The number of nitriles is 1. The highest BCUT2D eigenvalue weighted by Gasteiger charge is 2.34. The van der Waals surface area contributed by atoms with E-state index in [1.807, 2.05) is 6.07 Å². The number of carbonyl (C=O) groups is 2. The number of nitrogens with one attached hydrogen (secondary N) is 1. The Labute approximate surface area is 116 Å². The maximum atomic E-state index is 12.1. The van der Waals surface area contributed by atoms with Crippen molar-refractivity contribution in [2.75, 3.05) is 0 Å². The smallest absolute Gasteiger partial charge is 0.308 e. The fourth-order valence-corrected chi connectivity index (χ4v) is 2.48. The predicted octanol–water partition coefficient (Wildman–Crippen LogP) is 1.24. The zero-order valence-electron chi connectivity index (χ0n) is 11.1. The van der Waals surface area contributed by atoms with Crippen LogP contribution in [-0.4, -0.2) is 28.0 Å². The van der Waals surface area contributed by atoms with Crippen molar-refractivity contribution in [1.82, 2.24) is 10.3 Å². The van der Waals surface area contributed by atoms with Crippen molar-refractivity contribution >= 4 is 11.9 Å². The number of hydrogen-bond acceptors (Lipinski definition) is 4. The number of carboxylic acid groups (broad SMARTS) is 1. The number of rotatable bonds is 3. The van der Waals surface area contributed by atoms with Crippen molar-refractivity contribution in [3.8, 4) is 6.07 Å². The number of amides is 1. The van der Waals surface area contributed by atoms with E-state index in [9.17, 15) is 9.59 Å². The van der Waals surface area contributed by atoms with Crippen LogP contribution < -0.4 is 5.32 Å². The van der Waals surface area contributed by atoms with E-state index < -0.39 is 17.8 Å². The minimum atomic E-state index is -0.878. The Morgan fingerprint density at radius 2 is 2.20 bits per heavy atom. The van der Waals surface area contributed by atoms with Crippen molar-refractivity contribution in [3.63, 3.8) is 0 Å². The van der Waals surface area contributed by atoms with Crippen LogP contribution in [0.3, 0.4) is 0 Å². The summed E-state index contributed by atoms with van der Waals surface area (Å²) in [5, 5.41) is 20.6. The van der Waals surface area contributed by atoms with Crippen LogP contribution in [0.2, 0.25) is 0 Å². The van der Waals surface area contributed by atoms with Gasteiger partial charge in [-0.05, 0) is 31.9 Å². The number of carboxylic acids is 1. The van der Waals surface area contributed by atoms with Crippen LogP contribution >= 0.6 is 0 Å². The van der Waals surface area contributed by atoms with Gasteiger partial charge in [-0.25, -0.2) is 4.98 Å². The van der Waals surface area contributed by atoms with Crippen LogP contribution in [0.4, 0.5) is 0 Å². The number of aryl methyl sites for hydroxylation is 1. The van der Waals surface area contributed by atoms with Gasteiger partial charge in [0.2, 0.25) is 0 Å². The van der Waals surface area contributed by atoms with E-state index in [2.05, 4.69) is 10.3 Å². The molecule has 2 rings (SSSR count). The quantitative estimate of drug-likeness (QED) is 0.862. The second-order valence-corrected chi connectivity index (χ2v) is 4.90. The van der Waals surface area contributed by atoms with Crippen LogP contribution in [0.5, 0.6) is 0 Å². The summed E-state index contributed by atoms with van der Waals surface area (Å²) in [6.07, 6.45) is 2.04. The highest BCUT2D eigenvalue weighted by molar-refractivity contribution is 5.93. The zero-order valence-corrected chi connectivity index (χ0v) is 11.1. The lowest BCUT2D eigenvalue weighted by atomic mass is 10.0. The summed E-state index contributed by atoms with van der Waals surface area (Å²) in [5.74, 6) is -1.80. The molecule has 104 valence electrons. The topological polar surface area (TPSA) is 103 Å². The molecule has 2 atom stereocenters. The normalized spacial score (nSPS) is 21.2. The highest BCUT2D eigenvalue weighted by Crippen LogP contribution is 2.26. The average Bonchev–Trinajstić information content (AvgIpc) is 2.86. The molecule has 1 amide bonds. The molecule has 1 aliphatic carbocycles. The van der Waals surface area contributed by atoms with E-state index in [0.717, 1.165) is 6.42 Å². The van der Waals surface area contributed by atoms with Gasteiger partial charge in [-0.15, -0.1) is 0 Å². The highest BCUT2D eigenvalue weighted by atomic mass is 16.4. The molecule has 0 bridgehead atoms. The Balaban J connectivity index is 2.11. The fraction of sp³-hybridized carbons (Fsp3) is 0.429. The predicted molar refractivity (Wildman–Crippen MR) is 69.9 cm³/mol. The lowest BCUT2D eigenvalue weighted by molar-refractivity contribution is -0.142. The Kier molecular flexibility index (Phi) is 3.99. The third-order valence-corrected chi connectivity index (χ3v) is 3.59. The van der Waals surface area contributed by atoms with E-state index in [4.69, 9.17) is 10.4 Å². The van der Waals surface area contributed by atoms with Gasteiger partial charge in [0, 0.05) is 6.04 Å². The molecule has 0 aromatic carbocycles. The Morgan fingerprint density at radius 3 is 2.80 bits per heavy atom. The summed E-state index contributed by atoms with van der Waals surface area (Å²) in [4.78, 5) is 27.2. The number of carbonyl (C=O) groups excluding carboxylic acids is 1. The summed E-state index contributed by atoms with van der Waals surface area (Å²) in [5.41, 5.74) is 1.12. The second kappa shape index (κ2) is 5.70. The molecule has 1 saturated carbocycles. The molecule has 0 radical (unpaired) electrons. The first-order valence-corrected chi connectivity index (χ1v) is 6.44. The molecule has 0 aliphatic heterocycles. The maximum absolute atomic E-state index is 12.1. The molecule has 0 spiro atoms. The van der Waals surface area contributed by atoms with Gasteiger partial charge in [0.1, 0.15) is 11.8 Å². The number of pyridine rings is 1. The number of aliphatic carboxylic acids is 1. The van der Waals surface area contributed by atoms with Crippen LogP contribution in [-0.2, 0) is 4.79 Å². The first kappa shape index (κ1) is 14.0. The molecule has 1 fully saturated rings. The molecule has 20 heavy (non-hydrogen) atoms. The van der Waals surface area contributed by atoms with Crippen molar-refractivity contribution in [1.29, 1.82) is 5.26 Å². The minimum Gasteiger partial charge on any atom is -0.481 e. The SMILES string of the molecule is Cc1nc(C(=O)N[C@@H]2CCC[C@@H]2C(=O)O)ccc1C#N.